The van der Waals surface area contributed by atoms with Gasteiger partial charge in [0.05, 0.1) is 17.5 Å². The van der Waals surface area contributed by atoms with Crippen LogP contribution < -0.4 is 10.5 Å². The summed E-state index contributed by atoms with van der Waals surface area (Å²) < 4.78 is 60.7. The Morgan fingerprint density at radius 3 is 2.68 bits per heavy atom. The van der Waals surface area contributed by atoms with Crippen LogP contribution in [0, 0.1) is 5.41 Å². The normalized spacial score (nSPS) is 12.4. The van der Waals surface area contributed by atoms with Crippen molar-refractivity contribution in [3.63, 3.8) is 0 Å². The van der Waals surface area contributed by atoms with Gasteiger partial charge >= 0.3 is 6.18 Å². The number of aromatic nitrogens is 2. The van der Waals surface area contributed by atoms with E-state index in [-0.39, 0.29) is 11.4 Å². The van der Waals surface area contributed by atoms with Gasteiger partial charge in [-0.05, 0) is 6.42 Å². The smallest absolute Gasteiger partial charge is 0.384 e. The van der Waals surface area contributed by atoms with Crippen LogP contribution >= 0.6 is 0 Å². The first kappa shape index (κ1) is 15.3. The minimum atomic E-state index is -4.39. The van der Waals surface area contributed by atoms with E-state index in [2.05, 4.69) is 10.2 Å². The summed E-state index contributed by atoms with van der Waals surface area (Å²) in [5, 5.41) is 12.9. The Balaban J connectivity index is 2.65. The molecule has 0 unspecified atom stereocenters. The van der Waals surface area contributed by atoms with Gasteiger partial charge in [0.1, 0.15) is 11.7 Å². The molecule has 0 bridgehead atoms. The molecular formula is C8H12F3N5O2S. The van der Waals surface area contributed by atoms with E-state index in [9.17, 15) is 21.6 Å². The number of alkyl halides is 3. The molecule has 0 amide bonds. The SMILES string of the molecule is N=C(N)c1cn[nH]c1NS(=O)(=O)CCCC(F)(F)F. The highest BCUT2D eigenvalue weighted by atomic mass is 32.2. The molecule has 5 N–H and O–H groups in total. The third kappa shape index (κ3) is 5.16. The summed E-state index contributed by atoms with van der Waals surface area (Å²) in [6.07, 6.45) is -5.00. The third-order valence-electron chi connectivity index (χ3n) is 2.06. The second-order valence-electron chi connectivity index (χ2n) is 3.71. The lowest BCUT2D eigenvalue weighted by atomic mass is 10.3. The van der Waals surface area contributed by atoms with E-state index in [1.807, 2.05) is 4.72 Å². The van der Waals surface area contributed by atoms with Gasteiger partial charge in [0.25, 0.3) is 0 Å². The number of anilines is 1. The number of hydrogen-bond donors (Lipinski definition) is 4. The number of H-pyrrole nitrogens is 1. The van der Waals surface area contributed by atoms with Crippen LogP contribution in [-0.2, 0) is 10.0 Å². The van der Waals surface area contributed by atoms with Gasteiger partial charge in [0.15, 0.2) is 0 Å². The predicted octanol–water partition coefficient (Wildman–Crippen LogP) is 0.778. The third-order valence-corrected chi connectivity index (χ3v) is 3.40. The molecule has 0 aliphatic heterocycles. The molecule has 7 nitrogen and oxygen atoms in total. The van der Waals surface area contributed by atoms with Gasteiger partial charge in [0, 0.05) is 6.42 Å². The van der Waals surface area contributed by atoms with Gasteiger partial charge in [-0.15, -0.1) is 0 Å². The first-order chi connectivity index (χ1) is 8.61. The van der Waals surface area contributed by atoms with Crippen LogP contribution in [0.15, 0.2) is 6.20 Å². The number of rotatable bonds is 6. The topological polar surface area (TPSA) is 125 Å². The monoisotopic (exact) mass is 299 g/mol. The molecule has 0 spiro atoms. The molecule has 1 aromatic rings. The van der Waals surface area contributed by atoms with Crippen LogP contribution in [-0.4, -0.2) is 36.4 Å². The molecule has 108 valence electrons. The molecule has 0 aliphatic rings. The van der Waals surface area contributed by atoms with E-state index >= 15 is 0 Å². The zero-order valence-corrected chi connectivity index (χ0v) is 10.4. The number of halogens is 3. The maximum Gasteiger partial charge on any atom is 0.389 e. The number of aromatic amines is 1. The van der Waals surface area contributed by atoms with Crippen molar-refractivity contribution < 1.29 is 21.6 Å². The summed E-state index contributed by atoms with van der Waals surface area (Å²) in [4.78, 5) is 0. The molecule has 19 heavy (non-hydrogen) atoms. The van der Waals surface area contributed by atoms with Crippen LogP contribution in [0.1, 0.15) is 18.4 Å². The lowest BCUT2D eigenvalue weighted by molar-refractivity contribution is -0.134. The first-order valence-electron chi connectivity index (χ1n) is 5.06. The van der Waals surface area contributed by atoms with Crippen LogP contribution in [0.3, 0.4) is 0 Å². The van der Waals surface area contributed by atoms with Crippen molar-refractivity contribution in [1.29, 1.82) is 5.41 Å². The number of nitrogens with zero attached hydrogens (tertiary/aromatic N) is 1. The average Bonchev–Trinajstić information content (AvgIpc) is 2.62. The minimum absolute atomic E-state index is 0.0272. The van der Waals surface area contributed by atoms with Crippen LogP contribution in [0.4, 0.5) is 19.0 Å². The maximum atomic E-state index is 11.9. The van der Waals surface area contributed by atoms with Crippen molar-refractivity contribution in [1.82, 2.24) is 10.2 Å². The lowest BCUT2D eigenvalue weighted by Crippen LogP contribution is -2.21. The molecule has 0 saturated carbocycles. The van der Waals surface area contributed by atoms with Crippen molar-refractivity contribution in [2.24, 2.45) is 5.73 Å². The molecule has 0 saturated heterocycles. The second-order valence-corrected chi connectivity index (χ2v) is 5.55. The molecule has 0 aromatic carbocycles. The predicted molar refractivity (Wildman–Crippen MR) is 62.3 cm³/mol. The molecule has 1 aromatic heterocycles. The highest BCUT2D eigenvalue weighted by Gasteiger charge is 2.27. The quantitative estimate of drug-likeness (QED) is 0.457. The van der Waals surface area contributed by atoms with Crippen LogP contribution in [0.5, 0.6) is 0 Å². The Morgan fingerprint density at radius 1 is 1.53 bits per heavy atom. The van der Waals surface area contributed by atoms with Crippen molar-refractivity contribution in [3.05, 3.63) is 11.8 Å². The van der Waals surface area contributed by atoms with Gasteiger partial charge in [-0.2, -0.15) is 18.3 Å². The maximum absolute atomic E-state index is 11.9. The summed E-state index contributed by atoms with van der Waals surface area (Å²) in [7, 11) is -3.96. The molecule has 0 aliphatic carbocycles. The number of nitrogens with two attached hydrogens (primary N) is 1. The summed E-state index contributed by atoms with van der Waals surface area (Å²) in [5.41, 5.74) is 5.20. The first-order valence-corrected chi connectivity index (χ1v) is 6.71. The summed E-state index contributed by atoms with van der Waals surface area (Å²) >= 11 is 0. The molecule has 0 atom stereocenters. The van der Waals surface area contributed by atoms with E-state index in [0.29, 0.717) is 0 Å². The van der Waals surface area contributed by atoms with Gasteiger partial charge < -0.3 is 5.73 Å². The Kier molecular flexibility index (Phi) is 4.39. The van der Waals surface area contributed by atoms with E-state index in [1.165, 1.54) is 0 Å². The fraction of sp³-hybridized carbons (Fsp3) is 0.500. The van der Waals surface area contributed by atoms with E-state index < -0.39 is 40.6 Å². The molecular weight excluding hydrogens is 287 g/mol. The Bertz CT molecular complexity index is 551. The van der Waals surface area contributed by atoms with Crippen molar-refractivity contribution in [3.8, 4) is 0 Å². The van der Waals surface area contributed by atoms with Crippen molar-refractivity contribution >= 4 is 21.7 Å². The molecule has 11 heteroatoms. The van der Waals surface area contributed by atoms with E-state index in [4.69, 9.17) is 11.1 Å². The second kappa shape index (κ2) is 5.47. The fourth-order valence-electron chi connectivity index (χ4n) is 1.24. The molecule has 1 heterocycles. The average molecular weight is 299 g/mol. The van der Waals surface area contributed by atoms with Gasteiger partial charge in [0.2, 0.25) is 10.0 Å². The van der Waals surface area contributed by atoms with E-state index in [0.717, 1.165) is 6.20 Å². The largest absolute Gasteiger partial charge is 0.389 e. The molecule has 1 rings (SSSR count). The Morgan fingerprint density at radius 2 is 2.16 bits per heavy atom. The van der Waals surface area contributed by atoms with Gasteiger partial charge in [-0.25, -0.2) is 8.42 Å². The van der Waals surface area contributed by atoms with Crippen molar-refractivity contribution in [2.75, 3.05) is 10.5 Å². The van der Waals surface area contributed by atoms with E-state index in [1.54, 1.807) is 0 Å². The zero-order chi connectivity index (χ0) is 14.7. The standard InChI is InChI=1S/C8H12F3N5O2S/c9-8(10,11)2-1-3-19(17,18)16-7-5(6(12)13)4-14-15-7/h4H,1-3H2,(H3,12,13)(H2,14,15,16). The number of amidine groups is 1. The van der Waals surface area contributed by atoms with Crippen LogP contribution in [0.2, 0.25) is 0 Å². The lowest BCUT2D eigenvalue weighted by Gasteiger charge is -2.08. The molecule has 0 radical (unpaired) electrons. The Labute approximate surface area is 106 Å². The summed E-state index contributed by atoms with van der Waals surface area (Å²) in [6.45, 7) is 0. The highest BCUT2D eigenvalue weighted by molar-refractivity contribution is 7.92. The zero-order valence-electron chi connectivity index (χ0n) is 9.58. The van der Waals surface area contributed by atoms with Crippen LogP contribution in [0.25, 0.3) is 0 Å². The van der Waals surface area contributed by atoms with Gasteiger partial charge in [-0.1, -0.05) is 0 Å². The summed E-state index contributed by atoms with van der Waals surface area (Å²) in [6, 6.07) is 0. The number of sulfonamides is 1. The Hall–Kier alpha value is -1.78. The fourth-order valence-corrected chi connectivity index (χ4v) is 2.33. The number of hydrogen-bond acceptors (Lipinski definition) is 4. The minimum Gasteiger partial charge on any atom is -0.384 e. The number of nitrogens with one attached hydrogen (secondary N) is 3. The van der Waals surface area contributed by atoms with Gasteiger partial charge in [-0.3, -0.25) is 15.2 Å². The van der Waals surface area contributed by atoms with Crippen molar-refractivity contribution in [2.45, 2.75) is 19.0 Å². The molecule has 0 fully saturated rings. The number of nitrogen functional groups attached to an aromatic ring is 1. The summed E-state index contributed by atoms with van der Waals surface area (Å²) in [5.74, 6) is -1.25. The highest BCUT2D eigenvalue weighted by Crippen LogP contribution is 2.22.